The lowest BCUT2D eigenvalue weighted by molar-refractivity contribution is 0.103. The molecular formula is C80H62N4O2. The number of anilines is 12. The van der Waals surface area contributed by atoms with E-state index in [1.54, 1.807) is 24.3 Å². The van der Waals surface area contributed by atoms with Gasteiger partial charge in [0.1, 0.15) is 0 Å². The van der Waals surface area contributed by atoms with Crippen molar-refractivity contribution in [2.24, 2.45) is 0 Å². The van der Waals surface area contributed by atoms with Gasteiger partial charge in [0.2, 0.25) is 0 Å². The molecule has 6 nitrogen and oxygen atoms in total. The minimum atomic E-state index is -0.186. The van der Waals surface area contributed by atoms with Gasteiger partial charge in [-0.15, -0.1) is 0 Å². The van der Waals surface area contributed by atoms with Crippen LogP contribution < -0.4 is 19.6 Å². The van der Waals surface area contributed by atoms with Gasteiger partial charge in [-0.05, 0) is 178 Å². The van der Waals surface area contributed by atoms with Gasteiger partial charge in [-0.2, -0.15) is 0 Å². The number of fused-ring (bicyclic) bond motifs is 2. The Balaban J connectivity index is 0.801. The maximum atomic E-state index is 14.8. The Bertz CT molecular complexity index is 4290. The SMILES string of the molecule is Cc1ccc(N(c2ccc(N(c3ccc(C)cc3)c3cccc4ccccc34)cc2)c2cccc(C(=O)c3cccc(C(=O)c4cccc(N(c5ccc(C)cc5)c5ccc(N(c6ccc(C)cc6)c6cccc7ccccc67)cc5)c4)c3)c2)cc1. The summed E-state index contributed by atoms with van der Waals surface area (Å²) in [5.74, 6) is -0.373. The fourth-order valence-corrected chi connectivity index (χ4v) is 11.5. The van der Waals surface area contributed by atoms with Crippen LogP contribution in [0.2, 0.25) is 0 Å². The number of nitrogens with zero attached hydrogens (tertiary/aromatic N) is 4. The monoisotopic (exact) mass is 1110 g/mol. The molecule has 0 amide bonds. The van der Waals surface area contributed by atoms with Crippen LogP contribution >= 0.6 is 0 Å². The molecule has 6 heteroatoms. The maximum Gasteiger partial charge on any atom is 0.193 e. The van der Waals surface area contributed by atoms with Crippen LogP contribution in [0.4, 0.5) is 68.2 Å². The number of ketones is 2. The average Bonchev–Trinajstić information content (AvgIpc) is 3.37. The van der Waals surface area contributed by atoms with E-state index >= 15 is 0 Å². The summed E-state index contributed by atoms with van der Waals surface area (Å²) in [5, 5.41) is 4.65. The molecule has 0 fully saturated rings. The van der Waals surface area contributed by atoms with Gasteiger partial charge < -0.3 is 19.6 Å². The quantitative estimate of drug-likeness (QED) is 0.0899. The first-order chi connectivity index (χ1) is 42.1. The average molecular weight is 1110 g/mol. The highest BCUT2D eigenvalue weighted by molar-refractivity contribution is 6.14. The molecule has 0 radical (unpaired) electrons. The number of carbonyl (C=O) groups excluding carboxylic acids is 2. The van der Waals surface area contributed by atoms with Crippen LogP contribution in [0.3, 0.4) is 0 Å². The lowest BCUT2D eigenvalue weighted by Crippen LogP contribution is -2.13. The van der Waals surface area contributed by atoms with Crippen molar-refractivity contribution >= 4 is 101 Å². The van der Waals surface area contributed by atoms with Crippen LogP contribution in [0.5, 0.6) is 0 Å². The summed E-state index contributed by atoms with van der Waals surface area (Å²) in [6.07, 6.45) is 0. The third-order valence-corrected chi connectivity index (χ3v) is 16.0. The summed E-state index contributed by atoms with van der Waals surface area (Å²) in [7, 11) is 0. The van der Waals surface area contributed by atoms with Gasteiger partial charge in [-0.1, -0.05) is 186 Å². The van der Waals surface area contributed by atoms with Gasteiger partial charge in [0, 0.05) is 89.9 Å². The second kappa shape index (κ2) is 23.6. The van der Waals surface area contributed by atoms with Crippen LogP contribution in [0.1, 0.15) is 54.1 Å². The van der Waals surface area contributed by atoms with E-state index in [1.807, 2.05) is 48.5 Å². The third kappa shape index (κ3) is 11.0. The molecule has 13 aromatic rings. The predicted molar refractivity (Wildman–Crippen MR) is 359 cm³/mol. The normalized spacial score (nSPS) is 11.1. The van der Waals surface area contributed by atoms with Crippen molar-refractivity contribution in [1.29, 1.82) is 0 Å². The topological polar surface area (TPSA) is 47.1 Å². The number of hydrogen-bond donors (Lipinski definition) is 0. The van der Waals surface area contributed by atoms with Gasteiger partial charge in [0.15, 0.2) is 11.6 Å². The van der Waals surface area contributed by atoms with Crippen molar-refractivity contribution in [3.05, 3.63) is 348 Å². The molecule has 0 heterocycles. The molecule has 0 unspecified atom stereocenters. The highest BCUT2D eigenvalue weighted by Gasteiger charge is 2.23. The van der Waals surface area contributed by atoms with E-state index in [9.17, 15) is 9.59 Å². The smallest absolute Gasteiger partial charge is 0.193 e. The highest BCUT2D eigenvalue weighted by atomic mass is 16.1. The van der Waals surface area contributed by atoms with Gasteiger partial charge in [0.25, 0.3) is 0 Å². The molecule has 0 aliphatic carbocycles. The molecule has 414 valence electrons. The van der Waals surface area contributed by atoms with Crippen LogP contribution in [0, 0.1) is 27.7 Å². The number of rotatable bonds is 16. The zero-order chi connectivity index (χ0) is 58.7. The molecule has 13 rings (SSSR count). The Kier molecular flexibility index (Phi) is 14.9. The van der Waals surface area contributed by atoms with Crippen LogP contribution in [-0.2, 0) is 0 Å². The lowest BCUT2D eigenvalue weighted by atomic mass is 9.96. The zero-order valence-electron chi connectivity index (χ0n) is 48.5. The Morgan fingerprint density at radius 3 is 0.791 bits per heavy atom. The van der Waals surface area contributed by atoms with E-state index in [0.29, 0.717) is 22.3 Å². The van der Waals surface area contributed by atoms with Crippen molar-refractivity contribution < 1.29 is 9.59 Å². The van der Waals surface area contributed by atoms with Crippen molar-refractivity contribution in [3.8, 4) is 0 Å². The summed E-state index contributed by atoms with van der Waals surface area (Å²) in [6.45, 7) is 8.38. The summed E-state index contributed by atoms with van der Waals surface area (Å²) < 4.78 is 0. The molecule has 13 aromatic carbocycles. The van der Waals surface area contributed by atoms with E-state index in [-0.39, 0.29) is 11.6 Å². The number of benzene rings is 13. The van der Waals surface area contributed by atoms with Gasteiger partial charge in [-0.25, -0.2) is 0 Å². The fraction of sp³-hybridized carbons (Fsp3) is 0.0500. The van der Waals surface area contributed by atoms with Gasteiger partial charge in [0.05, 0.1) is 11.4 Å². The minimum Gasteiger partial charge on any atom is -0.310 e. The van der Waals surface area contributed by atoms with Crippen LogP contribution in [0.15, 0.2) is 303 Å². The van der Waals surface area contributed by atoms with Crippen LogP contribution in [0.25, 0.3) is 21.5 Å². The van der Waals surface area contributed by atoms with Crippen molar-refractivity contribution in [2.45, 2.75) is 27.7 Å². The third-order valence-electron chi connectivity index (χ3n) is 16.0. The predicted octanol–water partition coefficient (Wildman–Crippen LogP) is 21.6. The molecule has 0 bridgehead atoms. The Morgan fingerprint density at radius 1 is 0.221 bits per heavy atom. The number of aryl methyl sites for hydroxylation is 4. The molecule has 0 saturated heterocycles. The molecular weight excluding hydrogens is 1050 g/mol. The first-order valence-corrected chi connectivity index (χ1v) is 29.1. The van der Waals surface area contributed by atoms with Crippen molar-refractivity contribution in [1.82, 2.24) is 0 Å². The second-order valence-electron chi connectivity index (χ2n) is 22.1. The summed E-state index contributed by atoms with van der Waals surface area (Å²) in [4.78, 5) is 38.6. The van der Waals surface area contributed by atoms with E-state index in [2.05, 4.69) is 278 Å². The maximum absolute atomic E-state index is 14.8. The molecule has 0 aliphatic rings. The molecule has 0 N–H and O–H groups in total. The summed E-state index contributed by atoms with van der Waals surface area (Å²) in [6, 6.07) is 104. The molecule has 0 saturated carbocycles. The minimum absolute atomic E-state index is 0.186. The Morgan fingerprint density at radius 2 is 0.465 bits per heavy atom. The Labute approximate surface area is 503 Å². The van der Waals surface area contributed by atoms with Gasteiger partial charge >= 0.3 is 0 Å². The molecule has 0 atom stereocenters. The molecule has 86 heavy (non-hydrogen) atoms. The second-order valence-corrected chi connectivity index (χ2v) is 22.1. The molecule has 0 aromatic heterocycles. The lowest BCUT2D eigenvalue weighted by Gasteiger charge is -2.29. The summed E-state index contributed by atoms with van der Waals surface area (Å²) in [5.41, 5.74) is 18.2. The van der Waals surface area contributed by atoms with Gasteiger partial charge in [-0.3, -0.25) is 9.59 Å². The number of hydrogen-bond acceptors (Lipinski definition) is 6. The van der Waals surface area contributed by atoms with Crippen molar-refractivity contribution in [3.63, 3.8) is 0 Å². The number of carbonyl (C=O) groups is 2. The largest absolute Gasteiger partial charge is 0.310 e. The van der Waals surface area contributed by atoms with E-state index in [4.69, 9.17) is 0 Å². The van der Waals surface area contributed by atoms with E-state index < -0.39 is 0 Å². The first kappa shape index (κ1) is 54.2. The van der Waals surface area contributed by atoms with E-state index in [1.165, 1.54) is 21.9 Å². The Hall–Kier alpha value is -11.1. The fourth-order valence-electron chi connectivity index (χ4n) is 11.5. The summed E-state index contributed by atoms with van der Waals surface area (Å²) >= 11 is 0. The van der Waals surface area contributed by atoms with E-state index in [0.717, 1.165) is 90.1 Å². The standard InChI is InChI=1S/C80H62N4O2/c1-55-28-36-65(37-29-55)81(67-44-48-71(49-45-67)83(69-40-32-57(3)33-41-69)77-26-12-16-59-14-5-7-24-75(59)77)73-22-10-20-63(53-73)79(85)61-18-9-19-62(52-61)80(86)64-21-11-23-74(54-64)82(66-38-30-56(2)31-39-66)68-46-50-72(51-47-68)84(70-42-34-58(4)35-43-70)78-27-13-17-60-15-6-8-25-76(60)78/h5-54H,1-4H3. The highest BCUT2D eigenvalue weighted by Crippen LogP contribution is 2.44. The molecule has 0 aliphatic heterocycles. The van der Waals surface area contributed by atoms with Crippen molar-refractivity contribution in [2.75, 3.05) is 19.6 Å². The first-order valence-electron chi connectivity index (χ1n) is 29.1. The van der Waals surface area contributed by atoms with Crippen LogP contribution in [-0.4, -0.2) is 11.6 Å². The molecule has 0 spiro atoms. The zero-order valence-corrected chi connectivity index (χ0v) is 48.5.